The largest absolute Gasteiger partial charge is 0.495 e. The van der Waals surface area contributed by atoms with Crippen molar-refractivity contribution in [3.05, 3.63) is 29.3 Å². The molecule has 0 bridgehead atoms. The average Bonchev–Trinajstić information content (AvgIpc) is 2.98. The van der Waals surface area contributed by atoms with Gasteiger partial charge < -0.3 is 9.84 Å². The number of hydrogen-bond acceptors (Lipinski definition) is 3. The lowest BCUT2D eigenvalue weighted by molar-refractivity contribution is 0.350. The van der Waals surface area contributed by atoms with Gasteiger partial charge in [-0.05, 0) is 42.2 Å². The van der Waals surface area contributed by atoms with Crippen molar-refractivity contribution >= 4 is 11.8 Å². The standard InChI is InChI=1S/C17H22O2S/c1-19-17-9-8-15(11-16(17)7-4-10-18)13-20-12-14-5-2-3-6-14/h8-9,11,14,18H,2-3,5-6,10,12-13H2,1H3. The van der Waals surface area contributed by atoms with Crippen LogP contribution in [0.4, 0.5) is 0 Å². The van der Waals surface area contributed by atoms with E-state index in [1.165, 1.54) is 37.0 Å². The predicted octanol–water partition coefficient (Wildman–Crippen LogP) is 3.46. The molecule has 0 unspecified atom stereocenters. The molecule has 2 nitrogen and oxygen atoms in total. The molecule has 1 aromatic carbocycles. The molecule has 1 saturated carbocycles. The minimum Gasteiger partial charge on any atom is -0.495 e. The first-order chi connectivity index (χ1) is 9.83. The van der Waals surface area contributed by atoms with Gasteiger partial charge in [0.1, 0.15) is 12.4 Å². The molecule has 1 aliphatic rings. The first-order valence-corrected chi connectivity index (χ1v) is 8.33. The monoisotopic (exact) mass is 290 g/mol. The Bertz CT molecular complexity index is 481. The highest BCUT2D eigenvalue weighted by Crippen LogP contribution is 2.29. The third-order valence-electron chi connectivity index (χ3n) is 3.66. The van der Waals surface area contributed by atoms with E-state index < -0.39 is 0 Å². The van der Waals surface area contributed by atoms with Crippen molar-refractivity contribution in [2.24, 2.45) is 5.92 Å². The Hall–Kier alpha value is -1.11. The van der Waals surface area contributed by atoms with Crippen LogP contribution in [0, 0.1) is 17.8 Å². The van der Waals surface area contributed by atoms with Crippen LogP contribution in [0.2, 0.25) is 0 Å². The van der Waals surface area contributed by atoms with Crippen LogP contribution in [0.3, 0.4) is 0 Å². The Balaban J connectivity index is 1.93. The molecule has 1 N–H and O–H groups in total. The third-order valence-corrected chi connectivity index (χ3v) is 4.91. The Kier molecular flexibility index (Phi) is 6.29. The maximum atomic E-state index is 8.80. The molecular formula is C17H22O2S. The lowest BCUT2D eigenvalue weighted by Crippen LogP contribution is -1.97. The van der Waals surface area contributed by atoms with E-state index in [4.69, 9.17) is 9.84 Å². The smallest absolute Gasteiger partial charge is 0.134 e. The summed E-state index contributed by atoms with van der Waals surface area (Å²) in [6.45, 7) is -0.121. The van der Waals surface area contributed by atoms with Gasteiger partial charge in [0.2, 0.25) is 0 Å². The first kappa shape index (κ1) is 15.3. The van der Waals surface area contributed by atoms with Gasteiger partial charge in [0, 0.05) is 5.75 Å². The first-order valence-electron chi connectivity index (χ1n) is 7.18. The molecule has 2 rings (SSSR count). The molecule has 1 aromatic rings. The van der Waals surface area contributed by atoms with Crippen molar-refractivity contribution in [3.8, 4) is 17.6 Å². The number of ether oxygens (including phenoxy) is 1. The highest BCUT2D eigenvalue weighted by molar-refractivity contribution is 7.98. The number of aliphatic hydroxyl groups excluding tert-OH is 1. The van der Waals surface area contributed by atoms with Crippen molar-refractivity contribution in [1.82, 2.24) is 0 Å². The van der Waals surface area contributed by atoms with Gasteiger partial charge in [0.05, 0.1) is 12.7 Å². The fourth-order valence-electron chi connectivity index (χ4n) is 2.60. The van der Waals surface area contributed by atoms with Gasteiger partial charge in [-0.25, -0.2) is 0 Å². The lowest BCUT2D eigenvalue weighted by atomic mass is 10.1. The van der Waals surface area contributed by atoms with Crippen molar-refractivity contribution < 1.29 is 9.84 Å². The zero-order chi connectivity index (χ0) is 14.2. The summed E-state index contributed by atoms with van der Waals surface area (Å²) < 4.78 is 5.29. The van der Waals surface area contributed by atoms with Crippen molar-refractivity contribution in [1.29, 1.82) is 0 Å². The maximum absolute atomic E-state index is 8.80. The number of hydrogen-bond donors (Lipinski definition) is 1. The molecule has 3 heteroatoms. The predicted molar refractivity (Wildman–Crippen MR) is 85.1 cm³/mol. The van der Waals surface area contributed by atoms with Gasteiger partial charge in [-0.3, -0.25) is 0 Å². The van der Waals surface area contributed by atoms with Crippen LogP contribution in [0.5, 0.6) is 5.75 Å². The van der Waals surface area contributed by atoms with E-state index >= 15 is 0 Å². The highest BCUT2D eigenvalue weighted by Gasteiger charge is 2.14. The van der Waals surface area contributed by atoms with Gasteiger partial charge in [0.25, 0.3) is 0 Å². The van der Waals surface area contributed by atoms with Crippen LogP contribution < -0.4 is 4.74 Å². The van der Waals surface area contributed by atoms with E-state index in [1.54, 1.807) is 7.11 Å². The molecule has 1 aliphatic carbocycles. The Labute approximate surface area is 125 Å². The highest BCUT2D eigenvalue weighted by atomic mass is 32.2. The van der Waals surface area contributed by atoms with E-state index in [1.807, 2.05) is 17.8 Å². The van der Waals surface area contributed by atoms with E-state index in [9.17, 15) is 0 Å². The van der Waals surface area contributed by atoms with Gasteiger partial charge >= 0.3 is 0 Å². The normalized spacial score (nSPS) is 14.9. The van der Waals surface area contributed by atoms with E-state index in [0.29, 0.717) is 0 Å². The van der Waals surface area contributed by atoms with Crippen LogP contribution in [0.1, 0.15) is 36.8 Å². The fraction of sp³-hybridized carbons (Fsp3) is 0.529. The summed E-state index contributed by atoms with van der Waals surface area (Å²) in [6.07, 6.45) is 5.63. The molecule has 108 valence electrons. The van der Waals surface area contributed by atoms with E-state index in [2.05, 4.69) is 24.0 Å². The maximum Gasteiger partial charge on any atom is 0.134 e. The molecule has 0 amide bonds. The number of rotatable bonds is 5. The van der Waals surface area contributed by atoms with Crippen LogP contribution in [0.15, 0.2) is 18.2 Å². The summed E-state index contributed by atoms with van der Waals surface area (Å²) in [4.78, 5) is 0. The number of aliphatic hydroxyl groups is 1. The zero-order valence-electron chi connectivity index (χ0n) is 12.0. The molecule has 0 aromatic heterocycles. The molecule has 0 heterocycles. The van der Waals surface area contributed by atoms with Gasteiger partial charge in [-0.15, -0.1) is 0 Å². The van der Waals surface area contributed by atoms with Crippen LogP contribution in [0.25, 0.3) is 0 Å². The summed E-state index contributed by atoms with van der Waals surface area (Å²) >= 11 is 2.01. The minimum atomic E-state index is -0.121. The Morgan fingerprint density at radius 3 is 2.85 bits per heavy atom. The zero-order valence-corrected chi connectivity index (χ0v) is 12.8. The molecule has 0 spiro atoms. The lowest BCUT2D eigenvalue weighted by Gasteiger charge is -2.09. The van der Waals surface area contributed by atoms with Crippen LogP contribution in [-0.4, -0.2) is 24.6 Å². The second kappa shape index (κ2) is 8.24. The van der Waals surface area contributed by atoms with Crippen LogP contribution >= 0.6 is 11.8 Å². The van der Waals surface area contributed by atoms with E-state index in [-0.39, 0.29) is 6.61 Å². The Morgan fingerprint density at radius 2 is 2.15 bits per heavy atom. The molecule has 0 atom stereocenters. The Morgan fingerprint density at radius 1 is 1.35 bits per heavy atom. The SMILES string of the molecule is COc1ccc(CSCC2CCCC2)cc1C#CCO. The van der Waals surface area contributed by atoms with Crippen LogP contribution in [-0.2, 0) is 5.75 Å². The summed E-state index contributed by atoms with van der Waals surface area (Å²) in [7, 11) is 1.65. The van der Waals surface area contributed by atoms with E-state index in [0.717, 1.165) is 23.0 Å². The fourth-order valence-corrected chi connectivity index (χ4v) is 3.80. The van der Waals surface area contributed by atoms with Gasteiger partial charge in [-0.2, -0.15) is 11.8 Å². The average molecular weight is 290 g/mol. The molecular weight excluding hydrogens is 268 g/mol. The second-order valence-corrected chi connectivity index (χ2v) is 6.19. The molecule has 0 radical (unpaired) electrons. The van der Waals surface area contributed by atoms with Gasteiger partial charge in [-0.1, -0.05) is 30.7 Å². The minimum absolute atomic E-state index is 0.121. The summed E-state index contributed by atoms with van der Waals surface area (Å²) in [6, 6.07) is 6.14. The topological polar surface area (TPSA) is 29.5 Å². The number of benzene rings is 1. The molecule has 1 fully saturated rings. The summed E-state index contributed by atoms with van der Waals surface area (Å²) in [5.74, 6) is 9.62. The van der Waals surface area contributed by atoms with Crippen molar-refractivity contribution in [3.63, 3.8) is 0 Å². The molecule has 20 heavy (non-hydrogen) atoms. The van der Waals surface area contributed by atoms with Gasteiger partial charge in [0.15, 0.2) is 0 Å². The van der Waals surface area contributed by atoms with Crippen molar-refractivity contribution in [2.75, 3.05) is 19.5 Å². The summed E-state index contributed by atoms with van der Waals surface area (Å²) in [5, 5.41) is 8.80. The molecule has 0 saturated heterocycles. The molecule has 0 aliphatic heterocycles. The number of thioether (sulfide) groups is 1. The second-order valence-electron chi connectivity index (χ2n) is 5.16. The van der Waals surface area contributed by atoms with Crippen molar-refractivity contribution in [2.45, 2.75) is 31.4 Å². The number of methoxy groups -OCH3 is 1. The third kappa shape index (κ3) is 4.47. The quantitative estimate of drug-likeness (QED) is 0.842. The summed E-state index contributed by atoms with van der Waals surface area (Å²) in [5.41, 5.74) is 2.14.